The van der Waals surface area contributed by atoms with Crippen LogP contribution in [0.15, 0.2) is 0 Å². The third-order valence-electron chi connectivity index (χ3n) is 4.85. The number of unbranched alkanes of at least 4 members (excludes halogenated alkanes) is 3. The maximum atomic E-state index is 12.3. The van der Waals surface area contributed by atoms with Gasteiger partial charge < -0.3 is 15.0 Å². The van der Waals surface area contributed by atoms with Gasteiger partial charge >= 0.3 is 6.09 Å². The molecule has 1 aliphatic rings. The van der Waals surface area contributed by atoms with Crippen molar-refractivity contribution in [2.24, 2.45) is 5.92 Å². The minimum absolute atomic E-state index is 0.160. The van der Waals surface area contributed by atoms with Crippen molar-refractivity contribution < 1.29 is 9.53 Å². The van der Waals surface area contributed by atoms with Gasteiger partial charge in [0.25, 0.3) is 0 Å². The first kappa shape index (κ1) is 21.3. The molecule has 1 heterocycles. The normalized spacial score (nSPS) is 21.4. The Hall–Kier alpha value is -0.770. The number of ether oxygens (including phenoxy) is 1. The van der Waals surface area contributed by atoms with Crippen LogP contribution in [0, 0.1) is 5.92 Å². The standard InChI is InChI=1S/C20H40N2O2/c1-7-8-9-10-12-16(2)21-17(3)18-13-11-14-22(15-18)19(23)24-20(4,5)6/h16-18,21H,7-15H2,1-6H3. The van der Waals surface area contributed by atoms with Gasteiger partial charge in [-0.15, -0.1) is 0 Å². The number of amides is 1. The van der Waals surface area contributed by atoms with Gasteiger partial charge in [0, 0.05) is 25.2 Å². The van der Waals surface area contributed by atoms with Crippen LogP contribution in [-0.2, 0) is 4.74 Å². The third-order valence-corrected chi connectivity index (χ3v) is 4.85. The fraction of sp³-hybridized carbons (Fsp3) is 0.950. The maximum Gasteiger partial charge on any atom is 0.410 e. The van der Waals surface area contributed by atoms with Crippen molar-refractivity contribution >= 4 is 6.09 Å². The third kappa shape index (κ3) is 8.36. The SMILES string of the molecule is CCCCCCC(C)NC(C)C1CCCN(C(=O)OC(C)(C)C)C1. The van der Waals surface area contributed by atoms with E-state index in [1.54, 1.807) is 0 Å². The summed E-state index contributed by atoms with van der Waals surface area (Å²) < 4.78 is 5.53. The van der Waals surface area contributed by atoms with Gasteiger partial charge in [0.05, 0.1) is 0 Å². The van der Waals surface area contributed by atoms with Crippen molar-refractivity contribution in [3.63, 3.8) is 0 Å². The Labute approximate surface area is 149 Å². The van der Waals surface area contributed by atoms with Gasteiger partial charge in [-0.05, 0) is 59.8 Å². The Bertz CT molecular complexity index is 365. The average Bonchev–Trinajstić information content (AvgIpc) is 2.50. The number of piperidine rings is 1. The number of carbonyl (C=O) groups excluding carboxylic acids is 1. The maximum absolute atomic E-state index is 12.3. The van der Waals surface area contributed by atoms with Gasteiger partial charge in [0.1, 0.15) is 5.60 Å². The molecule has 3 unspecified atom stereocenters. The molecule has 1 saturated heterocycles. The van der Waals surface area contributed by atoms with Crippen LogP contribution < -0.4 is 5.32 Å². The van der Waals surface area contributed by atoms with E-state index < -0.39 is 5.60 Å². The van der Waals surface area contributed by atoms with Crippen molar-refractivity contribution in [2.75, 3.05) is 13.1 Å². The highest BCUT2D eigenvalue weighted by Gasteiger charge is 2.30. The predicted octanol–water partition coefficient (Wildman–Crippen LogP) is 4.97. The Kier molecular flexibility index (Phi) is 9.11. The Balaban J connectivity index is 2.38. The monoisotopic (exact) mass is 340 g/mol. The van der Waals surface area contributed by atoms with Crippen LogP contribution in [0.4, 0.5) is 4.79 Å². The quantitative estimate of drug-likeness (QED) is 0.634. The van der Waals surface area contributed by atoms with Crippen molar-refractivity contribution in [1.29, 1.82) is 0 Å². The molecular formula is C20H40N2O2. The summed E-state index contributed by atoms with van der Waals surface area (Å²) in [5.41, 5.74) is -0.416. The number of nitrogens with one attached hydrogen (secondary N) is 1. The fourth-order valence-corrected chi connectivity index (χ4v) is 3.46. The van der Waals surface area contributed by atoms with Crippen LogP contribution >= 0.6 is 0 Å². The molecule has 1 fully saturated rings. The van der Waals surface area contributed by atoms with E-state index in [1.807, 2.05) is 25.7 Å². The smallest absolute Gasteiger partial charge is 0.410 e. The number of hydrogen-bond donors (Lipinski definition) is 1. The van der Waals surface area contributed by atoms with E-state index in [-0.39, 0.29) is 6.09 Å². The lowest BCUT2D eigenvalue weighted by atomic mass is 9.91. The van der Waals surface area contributed by atoms with E-state index >= 15 is 0 Å². The van der Waals surface area contributed by atoms with Gasteiger partial charge in [-0.3, -0.25) is 0 Å². The highest BCUT2D eigenvalue weighted by Crippen LogP contribution is 2.22. The van der Waals surface area contributed by atoms with E-state index in [0.717, 1.165) is 19.5 Å². The first-order valence-electron chi connectivity index (χ1n) is 9.97. The molecule has 1 rings (SSSR count). The molecule has 0 aromatic carbocycles. The molecule has 3 atom stereocenters. The number of hydrogen-bond acceptors (Lipinski definition) is 3. The van der Waals surface area contributed by atoms with Crippen molar-refractivity contribution in [1.82, 2.24) is 10.2 Å². The van der Waals surface area contributed by atoms with E-state index in [4.69, 9.17) is 4.74 Å². The van der Waals surface area contributed by atoms with E-state index in [9.17, 15) is 4.79 Å². The van der Waals surface area contributed by atoms with E-state index in [2.05, 4.69) is 26.1 Å². The lowest BCUT2D eigenvalue weighted by Crippen LogP contribution is -2.49. The minimum atomic E-state index is -0.416. The summed E-state index contributed by atoms with van der Waals surface area (Å²) in [4.78, 5) is 14.2. The van der Waals surface area contributed by atoms with Crippen LogP contribution in [0.3, 0.4) is 0 Å². The second kappa shape index (κ2) is 10.3. The molecule has 24 heavy (non-hydrogen) atoms. The zero-order valence-corrected chi connectivity index (χ0v) is 16.9. The zero-order valence-electron chi connectivity index (χ0n) is 16.9. The highest BCUT2D eigenvalue weighted by atomic mass is 16.6. The van der Waals surface area contributed by atoms with Crippen molar-refractivity contribution in [3.8, 4) is 0 Å². The summed E-state index contributed by atoms with van der Waals surface area (Å²) in [6.45, 7) is 14.2. The molecule has 1 aliphatic heterocycles. The molecule has 0 aromatic rings. The van der Waals surface area contributed by atoms with Crippen LogP contribution in [0.1, 0.15) is 86.5 Å². The van der Waals surface area contributed by atoms with Crippen molar-refractivity contribution in [2.45, 2.75) is 104 Å². The highest BCUT2D eigenvalue weighted by molar-refractivity contribution is 5.68. The molecule has 142 valence electrons. The molecule has 4 nitrogen and oxygen atoms in total. The van der Waals surface area contributed by atoms with Gasteiger partial charge in [0.2, 0.25) is 0 Å². The Morgan fingerprint density at radius 2 is 1.96 bits per heavy atom. The lowest BCUT2D eigenvalue weighted by molar-refractivity contribution is 0.0146. The van der Waals surface area contributed by atoms with Crippen molar-refractivity contribution in [3.05, 3.63) is 0 Å². The molecule has 4 heteroatoms. The zero-order chi connectivity index (χ0) is 18.2. The second-order valence-corrected chi connectivity index (χ2v) is 8.53. The van der Waals surface area contributed by atoms with E-state index in [0.29, 0.717) is 18.0 Å². The Morgan fingerprint density at radius 1 is 1.25 bits per heavy atom. The van der Waals surface area contributed by atoms with Crippen LogP contribution in [0.2, 0.25) is 0 Å². The summed E-state index contributed by atoms with van der Waals surface area (Å²) in [5.74, 6) is 0.518. The number of carbonyl (C=O) groups is 1. The van der Waals surface area contributed by atoms with Gasteiger partial charge in [-0.25, -0.2) is 4.79 Å². The van der Waals surface area contributed by atoms with Crippen LogP contribution in [0.5, 0.6) is 0 Å². The summed E-state index contributed by atoms with van der Waals surface area (Å²) in [6, 6.07) is 0.991. The van der Waals surface area contributed by atoms with Gasteiger partial charge in [-0.2, -0.15) is 0 Å². The Morgan fingerprint density at radius 3 is 2.58 bits per heavy atom. The summed E-state index contributed by atoms with van der Waals surface area (Å²) >= 11 is 0. The molecule has 0 bridgehead atoms. The van der Waals surface area contributed by atoms with Crippen LogP contribution in [0.25, 0.3) is 0 Å². The largest absolute Gasteiger partial charge is 0.444 e. The molecule has 0 radical (unpaired) electrons. The first-order chi connectivity index (χ1) is 11.2. The summed E-state index contributed by atoms with van der Waals surface area (Å²) in [7, 11) is 0. The van der Waals surface area contributed by atoms with Gasteiger partial charge in [-0.1, -0.05) is 32.6 Å². The molecule has 0 saturated carbocycles. The number of rotatable bonds is 8. The van der Waals surface area contributed by atoms with Crippen LogP contribution in [-0.4, -0.2) is 41.8 Å². The minimum Gasteiger partial charge on any atom is -0.444 e. The molecule has 1 amide bonds. The number of nitrogens with zero attached hydrogens (tertiary/aromatic N) is 1. The van der Waals surface area contributed by atoms with E-state index in [1.165, 1.54) is 38.5 Å². The van der Waals surface area contributed by atoms with Gasteiger partial charge in [0.15, 0.2) is 0 Å². The lowest BCUT2D eigenvalue weighted by Gasteiger charge is -2.37. The second-order valence-electron chi connectivity index (χ2n) is 8.53. The molecule has 0 aliphatic carbocycles. The molecule has 0 spiro atoms. The summed E-state index contributed by atoms with van der Waals surface area (Å²) in [5, 5.41) is 3.76. The fourth-order valence-electron chi connectivity index (χ4n) is 3.46. The number of likely N-dealkylation sites (tertiary alicyclic amines) is 1. The predicted molar refractivity (Wildman–Crippen MR) is 101 cm³/mol. The molecule has 0 aromatic heterocycles. The summed E-state index contributed by atoms with van der Waals surface area (Å²) in [6.07, 6.45) is 8.63. The molecule has 1 N–H and O–H groups in total. The topological polar surface area (TPSA) is 41.6 Å². The first-order valence-corrected chi connectivity index (χ1v) is 9.97. The molecular weight excluding hydrogens is 300 g/mol. The average molecular weight is 341 g/mol.